The molecule has 71 heavy (non-hydrogen) atoms. The lowest BCUT2D eigenvalue weighted by molar-refractivity contribution is -0.274. The molecule has 4 rings (SSSR count). The second kappa shape index (κ2) is 25.3. The molecule has 1 aromatic heterocycles. The fourth-order valence-corrected chi connectivity index (χ4v) is 7.96. The van der Waals surface area contributed by atoms with Gasteiger partial charge in [0.25, 0.3) is 0 Å². The normalized spacial score (nSPS) is 13.7. The highest BCUT2D eigenvalue weighted by Gasteiger charge is 2.35. The summed E-state index contributed by atoms with van der Waals surface area (Å²) in [6, 6.07) is 5.53. The number of sulfonamides is 1. The van der Waals surface area contributed by atoms with Crippen molar-refractivity contribution < 1.29 is 89.5 Å². The number of alkyl halides is 3. The van der Waals surface area contributed by atoms with E-state index in [2.05, 4.69) is 36.3 Å². The molecule has 0 saturated heterocycles. The zero-order chi connectivity index (χ0) is 52.6. The van der Waals surface area contributed by atoms with Gasteiger partial charge in [-0.15, -0.1) is 13.2 Å². The minimum Gasteiger partial charge on any atom is -0.481 e. The van der Waals surface area contributed by atoms with Crippen molar-refractivity contribution in [2.45, 2.75) is 92.7 Å². The summed E-state index contributed by atoms with van der Waals surface area (Å²) in [5.41, 5.74) is 6.72. The van der Waals surface area contributed by atoms with E-state index in [1.54, 1.807) is 35.2 Å². The molecule has 0 spiro atoms. The van der Waals surface area contributed by atoms with Gasteiger partial charge >= 0.3 is 18.3 Å². The molecule has 4 aromatic rings. The van der Waals surface area contributed by atoms with Crippen LogP contribution in [0, 0.1) is 5.82 Å². The number of rotatable bonds is 27. The van der Waals surface area contributed by atoms with E-state index in [1.807, 2.05) is 0 Å². The maximum Gasteiger partial charge on any atom is 0.573 e. The molecule has 5 atom stereocenters. The number of ether oxygens (including phenoxy) is 1. The quantitative estimate of drug-likeness (QED) is 0.0260. The molecule has 0 aliphatic carbocycles. The summed E-state index contributed by atoms with van der Waals surface area (Å²) >= 11 is 0. The number of aromatic amines is 1. The molecule has 0 aliphatic rings. The van der Waals surface area contributed by atoms with E-state index in [1.165, 1.54) is 12.1 Å². The third-order valence-corrected chi connectivity index (χ3v) is 11.6. The Morgan fingerprint density at radius 1 is 0.704 bits per heavy atom. The molecule has 23 nitrogen and oxygen atoms in total. The van der Waals surface area contributed by atoms with Gasteiger partial charge in [-0.3, -0.25) is 38.4 Å². The zero-order valence-electron chi connectivity index (χ0n) is 36.9. The number of carboxylic acid groups (broad SMARTS) is 2. The third kappa shape index (κ3) is 18.3. The molecule has 6 amide bonds. The smallest absolute Gasteiger partial charge is 0.481 e. The second-order valence-electron chi connectivity index (χ2n) is 15.6. The van der Waals surface area contributed by atoms with Gasteiger partial charge in [-0.2, -0.15) is 4.72 Å². The van der Waals surface area contributed by atoms with Gasteiger partial charge in [0.15, 0.2) is 6.29 Å². The van der Waals surface area contributed by atoms with Gasteiger partial charge in [0.2, 0.25) is 45.5 Å². The number of fused-ring (bicyclic) bond motifs is 1. The van der Waals surface area contributed by atoms with Crippen molar-refractivity contribution in [2.75, 3.05) is 6.54 Å². The number of hydrogen-bond acceptors (Lipinski definition) is 13. The van der Waals surface area contributed by atoms with Gasteiger partial charge < -0.3 is 62.5 Å². The Balaban J connectivity index is 1.54. The van der Waals surface area contributed by atoms with Gasteiger partial charge in [0.05, 0.1) is 17.9 Å². The Bertz CT molecular complexity index is 2690. The molecular formula is C43H48F4N8O15S. The van der Waals surface area contributed by atoms with Crippen molar-refractivity contribution in [1.29, 1.82) is 0 Å². The van der Waals surface area contributed by atoms with Crippen molar-refractivity contribution in [3.63, 3.8) is 0 Å². The predicted molar refractivity (Wildman–Crippen MR) is 236 cm³/mol. The fraction of sp³-hybridized carbons (Fsp3) is 0.349. The van der Waals surface area contributed by atoms with Crippen LogP contribution >= 0.6 is 0 Å². The van der Waals surface area contributed by atoms with Crippen LogP contribution < -0.4 is 41.8 Å². The van der Waals surface area contributed by atoms with Crippen LogP contribution in [0.15, 0.2) is 83.9 Å². The molecule has 13 N–H and O–H groups in total. The van der Waals surface area contributed by atoms with E-state index in [9.17, 15) is 79.7 Å². The first-order valence-corrected chi connectivity index (χ1v) is 22.5. The summed E-state index contributed by atoms with van der Waals surface area (Å²) in [5, 5.41) is 49.7. The number of para-hydroxylation sites is 1. The van der Waals surface area contributed by atoms with Crippen molar-refractivity contribution in [2.24, 2.45) is 5.73 Å². The first-order valence-electron chi connectivity index (χ1n) is 21.0. The Morgan fingerprint density at radius 2 is 1.32 bits per heavy atom. The number of carbonyl (C=O) groups is 8. The van der Waals surface area contributed by atoms with Gasteiger partial charge in [0.1, 0.15) is 41.8 Å². The van der Waals surface area contributed by atoms with Gasteiger partial charge in [0, 0.05) is 42.8 Å². The summed E-state index contributed by atoms with van der Waals surface area (Å²) in [6.45, 7) is -0.998. The molecule has 384 valence electrons. The van der Waals surface area contributed by atoms with E-state index < -0.39 is 162 Å². The van der Waals surface area contributed by atoms with Crippen molar-refractivity contribution in [1.82, 2.24) is 36.3 Å². The van der Waals surface area contributed by atoms with Crippen LogP contribution in [0.25, 0.3) is 10.9 Å². The standard InChI is InChI=1S/C43H48F4N8O15S/c44-24-5-3-4-22(16-24)17-31(40(65)54-32(18-23-20-49-28-7-2-1-6-27(23)28)41(66)52-29(38(48)63)12-14-35(57)58)51-34(56)21-50-39(64)30(13-15-36(59)60)53-42(67)33(19-37(61)62)55-71(68,69)26-10-8-25(9-11-26)70-43(45,46)47/h1-11,16,20,29-33,36,49,55,59-60H,12-15,17-19,21H2,(H2,48,63)(H,50,64)(H,51,56)(H,52,66)(H,53,67)(H,54,65)(H,57,58)(H,61,62)/t29-,30-,31-,32-,33+/m0/s1. The highest BCUT2D eigenvalue weighted by atomic mass is 32.2. The Kier molecular flexibility index (Phi) is 19.9. The highest BCUT2D eigenvalue weighted by molar-refractivity contribution is 7.89. The maximum absolute atomic E-state index is 14.3. The lowest BCUT2D eigenvalue weighted by atomic mass is 10.0. The molecule has 0 aliphatic heterocycles. The van der Waals surface area contributed by atoms with Crippen LogP contribution in [0.1, 0.15) is 43.2 Å². The minimum atomic E-state index is -5.12. The minimum absolute atomic E-state index is 0.152. The third-order valence-electron chi connectivity index (χ3n) is 10.1. The molecule has 3 aromatic carbocycles. The second-order valence-corrected chi connectivity index (χ2v) is 17.3. The van der Waals surface area contributed by atoms with E-state index in [0.29, 0.717) is 40.7 Å². The van der Waals surface area contributed by atoms with Crippen LogP contribution in [0.3, 0.4) is 0 Å². The lowest BCUT2D eigenvalue weighted by Gasteiger charge is -2.25. The Morgan fingerprint density at radius 3 is 1.93 bits per heavy atom. The van der Waals surface area contributed by atoms with Gasteiger partial charge in [-0.25, -0.2) is 12.8 Å². The topological polar surface area (TPSA) is 375 Å². The SMILES string of the molecule is NC(=O)[C@H](CCC(=O)O)NC(=O)[C@H](Cc1c[nH]c2ccccc12)NC(=O)[C@H](Cc1cccc(F)c1)NC(=O)CNC(=O)[C@H](CCC(O)O)NC(=O)[C@@H](CC(=O)O)NS(=O)(=O)c1ccc(OC(F)(F)F)cc1. The largest absolute Gasteiger partial charge is 0.573 e. The number of aliphatic carboxylic acids is 2. The molecule has 28 heteroatoms. The van der Waals surface area contributed by atoms with Crippen molar-refractivity contribution in [3.05, 3.63) is 95.9 Å². The molecule has 0 unspecified atom stereocenters. The van der Waals surface area contributed by atoms with Crippen LogP contribution in [-0.4, -0.2) is 131 Å². The van der Waals surface area contributed by atoms with E-state index in [0.717, 1.165) is 12.1 Å². The van der Waals surface area contributed by atoms with Gasteiger partial charge in [-0.1, -0.05) is 30.3 Å². The summed E-state index contributed by atoms with van der Waals surface area (Å²) in [6.07, 6.45) is -9.83. The molecule has 1 heterocycles. The average Bonchev–Trinajstić information content (AvgIpc) is 3.69. The van der Waals surface area contributed by atoms with Crippen LogP contribution in [0.2, 0.25) is 0 Å². The zero-order valence-corrected chi connectivity index (χ0v) is 37.7. The van der Waals surface area contributed by atoms with E-state index in [-0.39, 0.29) is 12.0 Å². The molecule has 0 fully saturated rings. The average molecular weight is 1020 g/mol. The molecule has 0 saturated carbocycles. The van der Waals surface area contributed by atoms with Crippen LogP contribution in [0.5, 0.6) is 5.75 Å². The number of amides is 6. The van der Waals surface area contributed by atoms with Crippen molar-refractivity contribution in [3.8, 4) is 5.75 Å². The molecule has 0 bridgehead atoms. The van der Waals surface area contributed by atoms with Crippen LogP contribution in [0.4, 0.5) is 17.6 Å². The summed E-state index contributed by atoms with van der Waals surface area (Å²) in [4.78, 5) is 106. The summed E-state index contributed by atoms with van der Waals surface area (Å²) in [7, 11) is -4.87. The number of aromatic nitrogens is 1. The number of primary amides is 1. The Hall–Kier alpha value is -7.69. The molecular weight excluding hydrogens is 977 g/mol. The van der Waals surface area contributed by atoms with Gasteiger partial charge in [-0.05, 0) is 66.4 Å². The number of aliphatic hydroxyl groups is 2. The Labute approximate surface area is 399 Å². The van der Waals surface area contributed by atoms with E-state index >= 15 is 0 Å². The fourth-order valence-electron chi connectivity index (χ4n) is 6.77. The summed E-state index contributed by atoms with van der Waals surface area (Å²) < 4.78 is 83.8. The number of benzene rings is 3. The lowest BCUT2D eigenvalue weighted by Crippen LogP contribution is -2.58. The van der Waals surface area contributed by atoms with E-state index in [4.69, 9.17) is 10.8 Å². The number of nitrogens with one attached hydrogen (secondary N) is 7. The summed E-state index contributed by atoms with van der Waals surface area (Å²) in [5.74, 6) is -11.5. The number of halogens is 4. The number of aliphatic hydroxyl groups excluding tert-OH is 1. The number of hydrogen-bond donors (Lipinski definition) is 12. The maximum atomic E-state index is 14.3. The number of carboxylic acids is 2. The van der Waals surface area contributed by atoms with Crippen molar-refractivity contribution >= 4 is 68.3 Å². The number of nitrogens with two attached hydrogens (primary N) is 1. The first-order chi connectivity index (χ1) is 33.3. The first kappa shape index (κ1) is 55.9. The number of carbonyl (C=O) groups excluding carboxylic acids is 6. The monoisotopic (exact) mass is 1020 g/mol. The molecule has 0 radical (unpaired) electrons. The van der Waals surface area contributed by atoms with Crippen LogP contribution in [-0.2, 0) is 61.2 Å². The highest BCUT2D eigenvalue weighted by Crippen LogP contribution is 2.24. The number of H-pyrrole nitrogens is 1. The predicted octanol–water partition coefficient (Wildman–Crippen LogP) is -0.691.